The van der Waals surface area contributed by atoms with Crippen LogP contribution in [0.5, 0.6) is 0 Å². The number of urea groups is 1. The molecule has 0 heterocycles. The number of carbonyl (C=O) groups is 2. The van der Waals surface area contributed by atoms with Crippen molar-refractivity contribution in [3.8, 4) is 0 Å². The first-order valence-electron chi connectivity index (χ1n) is 6.46. The summed E-state index contributed by atoms with van der Waals surface area (Å²) in [5.41, 5.74) is -0.613. The molecule has 0 saturated carbocycles. The number of benzene rings is 1. The molecule has 5 nitrogen and oxygen atoms in total. The van der Waals surface area contributed by atoms with Crippen LogP contribution in [-0.4, -0.2) is 22.6 Å². The van der Waals surface area contributed by atoms with Gasteiger partial charge in [0.15, 0.2) is 0 Å². The molecule has 1 aromatic carbocycles. The van der Waals surface area contributed by atoms with Crippen LogP contribution < -0.4 is 10.6 Å². The van der Waals surface area contributed by atoms with E-state index in [0.29, 0.717) is 15.6 Å². The van der Waals surface area contributed by atoms with Crippen LogP contribution in [0.15, 0.2) is 18.2 Å². The zero-order valence-corrected chi connectivity index (χ0v) is 13.5. The van der Waals surface area contributed by atoms with Crippen LogP contribution in [0.25, 0.3) is 0 Å². The third kappa shape index (κ3) is 4.51. The van der Waals surface area contributed by atoms with Crippen molar-refractivity contribution < 1.29 is 14.7 Å². The number of rotatable bonds is 5. The molecule has 0 spiro atoms. The second kappa shape index (κ2) is 7.00. The highest BCUT2D eigenvalue weighted by molar-refractivity contribution is 6.35. The average Bonchev–Trinajstić information content (AvgIpc) is 2.37. The Morgan fingerprint density at radius 2 is 2.00 bits per heavy atom. The summed E-state index contributed by atoms with van der Waals surface area (Å²) >= 11 is 11.9. The highest BCUT2D eigenvalue weighted by atomic mass is 35.5. The number of halogens is 2. The topological polar surface area (TPSA) is 78.4 Å². The summed E-state index contributed by atoms with van der Waals surface area (Å²) in [6.45, 7) is 4.89. The van der Waals surface area contributed by atoms with Crippen LogP contribution in [0.4, 0.5) is 4.79 Å². The van der Waals surface area contributed by atoms with Gasteiger partial charge in [-0.15, -0.1) is 0 Å². The monoisotopic (exact) mass is 332 g/mol. The molecule has 0 saturated heterocycles. The standard InChI is InChI=1S/C14H18Cl2N2O3/c1-4-14(3,12(19)20)18-13(21)17-8(2)10-6-5-9(15)7-11(10)16/h5-8H,4H2,1-3H3,(H,19,20)(H2,17,18,21). The van der Waals surface area contributed by atoms with E-state index >= 15 is 0 Å². The molecule has 0 fully saturated rings. The molecule has 3 N–H and O–H groups in total. The van der Waals surface area contributed by atoms with E-state index in [4.69, 9.17) is 28.3 Å². The van der Waals surface area contributed by atoms with Crippen LogP contribution in [-0.2, 0) is 4.79 Å². The minimum absolute atomic E-state index is 0.270. The Morgan fingerprint density at radius 1 is 1.38 bits per heavy atom. The first kappa shape index (κ1) is 17.6. The zero-order valence-electron chi connectivity index (χ0n) is 12.0. The van der Waals surface area contributed by atoms with E-state index in [9.17, 15) is 9.59 Å². The Hall–Kier alpha value is -1.46. The van der Waals surface area contributed by atoms with Crippen LogP contribution in [0, 0.1) is 0 Å². The number of nitrogens with one attached hydrogen (secondary N) is 2. The fourth-order valence-corrected chi connectivity index (χ4v) is 2.28. The first-order valence-corrected chi connectivity index (χ1v) is 7.22. The van der Waals surface area contributed by atoms with Crippen molar-refractivity contribution in [1.29, 1.82) is 0 Å². The van der Waals surface area contributed by atoms with Gasteiger partial charge in [-0.05, 0) is 38.0 Å². The van der Waals surface area contributed by atoms with E-state index in [-0.39, 0.29) is 12.5 Å². The van der Waals surface area contributed by atoms with Gasteiger partial charge in [-0.1, -0.05) is 36.2 Å². The highest BCUT2D eigenvalue weighted by Gasteiger charge is 2.33. The van der Waals surface area contributed by atoms with Gasteiger partial charge in [-0.25, -0.2) is 9.59 Å². The molecule has 7 heteroatoms. The number of carboxylic acid groups (broad SMARTS) is 1. The molecule has 1 rings (SSSR count). The first-order chi connectivity index (χ1) is 9.69. The second-order valence-electron chi connectivity index (χ2n) is 4.98. The molecule has 0 aromatic heterocycles. The molecule has 2 unspecified atom stereocenters. The molecule has 0 aliphatic rings. The molecule has 0 bridgehead atoms. The second-order valence-corrected chi connectivity index (χ2v) is 5.82. The Kier molecular flexibility index (Phi) is 5.87. The van der Waals surface area contributed by atoms with Gasteiger partial charge in [0.2, 0.25) is 0 Å². The van der Waals surface area contributed by atoms with Gasteiger partial charge in [0.25, 0.3) is 0 Å². The molecule has 21 heavy (non-hydrogen) atoms. The maximum Gasteiger partial charge on any atom is 0.329 e. The van der Waals surface area contributed by atoms with Crippen molar-refractivity contribution in [3.63, 3.8) is 0 Å². The fraction of sp³-hybridized carbons (Fsp3) is 0.429. The van der Waals surface area contributed by atoms with Crippen molar-refractivity contribution in [2.75, 3.05) is 0 Å². The lowest BCUT2D eigenvalue weighted by Gasteiger charge is -2.26. The van der Waals surface area contributed by atoms with Crippen molar-refractivity contribution in [2.24, 2.45) is 0 Å². The summed E-state index contributed by atoms with van der Waals surface area (Å²) in [5, 5.41) is 15.2. The van der Waals surface area contributed by atoms with Crippen molar-refractivity contribution >= 4 is 35.2 Å². The lowest BCUT2D eigenvalue weighted by atomic mass is 10.00. The Bertz CT molecular complexity index is 551. The van der Waals surface area contributed by atoms with Gasteiger partial charge >= 0.3 is 12.0 Å². The van der Waals surface area contributed by atoms with Crippen LogP contribution >= 0.6 is 23.2 Å². The summed E-state index contributed by atoms with van der Waals surface area (Å²) in [7, 11) is 0. The third-order valence-corrected chi connectivity index (χ3v) is 3.91. The maximum absolute atomic E-state index is 11.9. The summed E-state index contributed by atoms with van der Waals surface area (Å²) in [6, 6.07) is 4.02. The van der Waals surface area contributed by atoms with Gasteiger partial charge in [-0.2, -0.15) is 0 Å². The smallest absolute Gasteiger partial charge is 0.329 e. The summed E-state index contributed by atoms with van der Waals surface area (Å²) in [5.74, 6) is -1.09. The third-order valence-electron chi connectivity index (χ3n) is 3.35. The van der Waals surface area contributed by atoms with E-state index < -0.39 is 17.5 Å². The predicted molar refractivity (Wildman–Crippen MR) is 82.9 cm³/mol. The molecular weight excluding hydrogens is 315 g/mol. The number of carboxylic acids is 1. The van der Waals surface area contributed by atoms with Crippen molar-refractivity contribution in [1.82, 2.24) is 10.6 Å². The van der Waals surface area contributed by atoms with E-state index in [1.165, 1.54) is 6.92 Å². The SMILES string of the molecule is CCC(C)(NC(=O)NC(C)c1ccc(Cl)cc1Cl)C(=O)O. The molecule has 0 radical (unpaired) electrons. The Balaban J connectivity index is 2.76. The molecule has 2 amide bonds. The summed E-state index contributed by atoms with van der Waals surface area (Å²) in [6.07, 6.45) is 0.270. The number of hydrogen-bond donors (Lipinski definition) is 3. The molecule has 116 valence electrons. The molecule has 1 aromatic rings. The quantitative estimate of drug-likeness (QED) is 0.770. The average molecular weight is 333 g/mol. The van der Waals surface area contributed by atoms with Gasteiger partial charge in [-0.3, -0.25) is 0 Å². The molecule has 0 aliphatic heterocycles. The van der Waals surface area contributed by atoms with Crippen LogP contribution in [0.3, 0.4) is 0 Å². The lowest BCUT2D eigenvalue weighted by molar-refractivity contribution is -0.143. The Labute approximate surface area is 133 Å². The van der Waals surface area contributed by atoms with Crippen molar-refractivity contribution in [3.05, 3.63) is 33.8 Å². The van der Waals surface area contributed by atoms with Gasteiger partial charge in [0, 0.05) is 10.0 Å². The minimum Gasteiger partial charge on any atom is -0.480 e. The normalized spacial score (nSPS) is 14.9. The maximum atomic E-state index is 11.9. The predicted octanol–water partition coefficient (Wildman–Crippen LogP) is 3.61. The van der Waals surface area contributed by atoms with Crippen LogP contribution in [0.2, 0.25) is 10.0 Å². The van der Waals surface area contributed by atoms with Gasteiger partial charge in [0.05, 0.1) is 6.04 Å². The highest BCUT2D eigenvalue weighted by Crippen LogP contribution is 2.26. The fourth-order valence-electron chi connectivity index (χ4n) is 1.71. The van der Waals surface area contributed by atoms with E-state index in [1.54, 1.807) is 32.0 Å². The van der Waals surface area contributed by atoms with Crippen molar-refractivity contribution in [2.45, 2.75) is 38.8 Å². The number of carbonyl (C=O) groups excluding carboxylic acids is 1. The van der Waals surface area contributed by atoms with Gasteiger partial charge < -0.3 is 15.7 Å². The van der Waals surface area contributed by atoms with E-state index in [0.717, 1.165) is 0 Å². The Morgan fingerprint density at radius 3 is 2.48 bits per heavy atom. The summed E-state index contributed by atoms with van der Waals surface area (Å²) in [4.78, 5) is 23.1. The van der Waals surface area contributed by atoms with E-state index in [1.807, 2.05) is 0 Å². The zero-order chi connectivity index (χ0) is 16.2. The van der Waals surface area contributed by atoms with E-state index in [2.05, 4.69) is 10.6 Å². The largest absolute Gasteiger partial charge is 0.480 e. The lowest BCUT2D eigenvalue weighted by Crippen LogP contribution is -2.55. The van der Waals surface area contributed by atoms with Gasteiger partial charge in [0.1, 0.15) is 5.54 Å². The molecular formula is C14H18Cl2N2O3. The molecule has 2 atom stereocenters. The number of hydrogen-bond acceptors (Lipinski definition) is 2. The van der Waals surface area contributed by atoms with Crippen LogP contribution in [0.1, 0.15) is 38.8 Å². The summed E-state index contributed by atoms with van der Waals surface area (Å²) < 4.78 is 0. The minimum atomic E-state index is -1.31. The molecule has 0 aliphatic carbocycles. The number of aliphatic carboxylic acids is 1. The number of amides is 2.